The summed E-state index contributed by atoms with van der Waals surface area (Å²) in [7, 11) is -3.76. The number of hydrogen-bond donors (Lipinski definition) is 2. The van der Waals surface area contributed by atoms with E-state index in [1.165, 1.54) is 12.1 Å². The first-order valence-electron chi connectivity index (χ1n) is 8.55. The number of halogens is 1. The van der Waals surface area contributed by atoms with E-state index in [2.05, 4.69) is 31.0 Å². The average molecular weight is 462 g/mol. The van der Waals surface area contributed by atoms with Crippen molar-refractivity contribution >= 4 is 48.5 Å². The molecule has 1 heterocycles. The first-order valence-corrected chi connectivity index (χ1v) is 10.8. The van der Waals surface area contributed by atoms with Gasteiger partial charge in [0.1, 0.15) is 0 Å². The summed E-state index contributed by atoms with van der Waals surface area (Å²) >= 11 is 3.32. The van der Waals surface area contributed by atoms with Crippen molar-refractivity contribution in [3.05, 3.63) is 64.8 Å². The van der Waals surface area contributed by atoms with E-state index >= 15 is 0 Å². The number of aromatic nitrogens is 1. The lowest BCUT2D eigenvalue weighted by Crippen LogP contribution is -2.40. The minimum absolute atomic E-state index is 0.0208. The average Bonchev–Trinajstić information content (AvgIpc) is 2.59. The summed E-state index contributed by atoms with van der Waals surface area (Å²) in [5.41, 5.74) is 0.926. The number of fused-ring (bicyclic) bond motifs is 1. The van der Waals surface area contributed by atoms with Crippen molar-refractivity contribution in [2.45, 2.75) is 31.2 Å². The highest BCUT2D eigenvalue weighted by molar-refractivity contribution is 9.10. The van der Waals surface area contributed by atoms with Gasteiger partial charge in [-0.25, -0.2) is 13.1 Å². The van der Waals surface area contributed by atoms with Gasteiger partial charge in [0.25, 0.3) is 5.91 Å². The number of rotatable bonds is 4. The van der Waals surface area contributed by atoms with Crippen molar-refractivity contribution in [1.82, 2.24) is 9.71 Å². The smallest absolute Gasteiger partial charge is 0.256 e. The molecule has 3 aromatic rings. The summed E-state index contributed by atoms with van der Waals surface area (Å²) in [5, 5.41) is 3.67. The Bertz CT molecular complexity index is 1150. The van der Waals surface area contributed by atoms with Gasteiger partial charge in [0.2, 0.25) is 10.0 Å². The molecule has 0 aliphatic carbocycles. The molecule has 0 aliphatic rings. The molecule has 28 heavy (non-hydrogen) atoms. The molecule has 0 saturated carbocycles. The van der Waals surface area contributed by atoms with Gasteiger partial charge in [-0.2, -0.15) is 0 Å². The lowest BCUT2D eigenvalue weighted by Gasteiger charge is -2.20. The molecule has 146 valence electrons. The Morgan fingerprint density at radius 1 is 1.07 bits per heavy atom. The largest absolute Gasteiger partial charge is 0.321 e. The highest BCUT2D eigenvalue weighted by Gasteiger charge is 2.24. The Balaban J connectivity index is 1.90. The third-order valence-corrected chi connectivity index (χ3v) is 6.23. The first kappa shape index (κ1) is 20.4. The van der Waals surface area contributed by atoms with Crippen molar-refractivity contribution < 1.29 is 13.2 Å². The van der Waals surface area contributed by atoms with Gasteiger partial charge in [0.05, 0.1) is 27.9 Å². The number of nitrogens with zero attached hydrogens (tertiary/aromatic N) is 1. The van der Waals surface area contributed by atoms with E-state index < -0.39 is 21.5 Å². The Hall–Kier alpha value is -2.29. The highest BCUT2D eigenvalue weighted by Crippen LogP contribution is 2.24. The molecule has 0 atom stereocenters. The standard InChI is InChI=1S/C20H20BrN3O3S/c1-20(2,3)24-28(26,27)15-8-9-17(21)16(11-15)19(25)23-14-10-13-6-4-5-7-18(13)22-12-14/h4-12,24H,1-3H3,(H,23,25). The number of anilines is 1. The maximum atomic E-state index is 12.8. The summed E-state index contributed by atoms with van der Waals surface area (Å²) in [5.74, 6) is -0.434. The number of carbonyl (C=O) groups excluding carboxylic acids is 1. The quantitative estimate of drug-likeness (QED) is 0.605. The number of hydrogen-bond acceptors (Lipinski definition) is 4. The first-order chi connectivity index (χ1) is 13.0. The fourth-order valence-electron chi connectivity index (χ4n) is 2.65. The maximum absolute atomic E-state index is 12.8. The second-order valence-corrected chi connectivity index (χ2v) is 9.90. The van der Waals surface area contributed by atoms with E-state index in [9.17, 15) is 13.2 Å². The van der Waals surface area contributed by atoms with Gasteiger partial charge < -0.3 is 5.32 Å². The molecule has 2 aromatic carbocycles. The fraction of sp³-hybridized carbons (Fsp3) is 0.200. The van der Waals surface area contributed by atoms with Crippen LogP contribution in [-0.2, 0) is 10.0 Å². The van der Waals surface area contributed by atoms with Crippen LogP contribution in [0.3, 0.4) is 0 Å². The zero-order valence-electron chi connectivity index (χ0n) is 15.7. The van der Waals surface area contributed by atoms with Crippen LogP contribution in [0.15, 0.2) is 64.1 Å². The monoisotopic (exact) mass is 461 g/mol. The van der Waals surface area contributed by atoms with E-state index in [0.29, 0.717) is 10.2 Å². The van der Waals surface area contributed by atoms with Crippen molar-refractivity contribution in [3.63, 3.8) is 0 Å². The predicted octanol–water partition coefficient (Wildman–Crippen LogP) is 4.33. The SMILES string of the molecule is CC(C)(C)NS(=O)(=O)c1ccc(Br)c(C(=O)Nc2cnc3ccccc3c2)c1. The number of pyridine rings is 1. The molecule has 0 saturated heterocycles. The van der Waals surface area contributed by atoms with E-state index in [1.54, 1.807) is 33.0 Å². The summed E-state index contributed by atoms with van der Waals surface area (Å²) < 4.78 is 28.2. The number of carbonyl (C=O) groups is 1. The van der Waals surface area contributed by atoms with Gasteiger partial charge >= 0.3 is 0 Å². The lowest BCUT2D eigenvalue weighted by molar-refractivity contribution is 0.102. The van der Waals surface area contributed by atoms with Crippen LogP contribution in [0.25, 0.3) is 10.9 Å². The second-order valence-electron chi connectivity index (χ2n) is 7.37. The Labute approximate surface area is 172 Å². The van der Waals surface area contributed by atoms with Crippen molar-refractivity contribution in [1.29, 1.82) is 0 Å². The number of para-hydroxylation sites is 1. The second kappa shape index (κ2) is 7.62. The molecule has 0 aliphatic heterocycles. The fourth-order valence-corrected chi connectivity index (χ4v) is 4.52. The van der Waals surface area contributed by atoms with Crippen molar-refractivity contribution in [2.24, 2.45) is 0 Å². The van der Waals surface area contributed by atoms with Gasteiger partial charge in [0.15, 0.2) is 0 Å². The van der Waals surface area contributed by atoms with Crippen LogP contribution in [0, 0.1) is 0 Å². The van der Waals surface area contributed by atoms with Crippen LogP contribution in [0.1, 0.15) is 31.1 Å². The van der Waals surface area contributed by atoms with Crippen LogP contribution in [0.4, 0.5) is 5.69 Å². The van der Waals surface area contributed by atoms with E-state index in [4.69, 9.17) is 0 Å². The molecular weight excluding hydrogens is 442 g/mol. The van der Waals surface area contributed by atoms with Crippen LogP contribution < -0.4 is 10.0 Å². The molecule has 6 nitrogen and oxygen atoms in total. The molecule has 0 fully saturated rings. The van der Waals surface area contributed by atoms with Crippen LogP contribution in [0.2, 0.25) is 0 Å². The van der Waals surface area contributed by atoms with Crippen LogP contribution in [-0.4, -0.2) is 24.8 Å². The van der Waals surface area contributed by atoms with Crippen molar-refractivity contribution in [2.75, 3.05) is 5.32 Å². The van der Waals surface area contributed by atoms with Gasteiger partial charge in [-0.05, 0) is 67.0 Å². The number of sulfonamides is 1. The van der Waals surface area contributed by atoms with Crippen LogP contribution >= 0.6 is 15.9 Å². The molecule has 1 aromatic heterocycles. The molecule has 3 rings (SSSR count). The molecule has 0 bridgehead atoms. The van der Waals surface area contributed by atoms with E-state index in [1.807, 2.05) is 30.3 Å². The number of nitrogens with one attached hydrogen (secondary N) is 2. The molecule has 0 radical (unpaired) electrons. The third-order valence-electron chi connectivity index (χ3n) is 3.78. The van der Waals surface area contributed by atoms with Gasteiger partial charge in [-0.15, -0.1) is 0 Å². The lowest BCUT2D eigenvalue weighted by atomic mass is 10.1. The van der Waals surface area contributed by atoms with Gasteiger partial charge in [-0.1, -0.05) is 18.2 Å². The summed E-state index contributed by atoms with van der Waals surface area (Å²) in [6, 6.07) is 13.7. The highest BCUT2D eigenvalue weighted by atomic mass is 79.9. The van der Waals surface area contributed by atoms with E-state index in [0.717, 1.165) is 10.9 Å². The van der Waals surface area contributed by atoms with E-state index in [-0.39, 0.29) is 10.5 Å². The maximum Gasteiger partial charge on any atom is 0.256 e. The molecular formula is C20H20BrN3O3S. The molecule has 0 unspecified atom stereocenters. The van der Waals surface area contributed by atoms with Gasteiger partial charge in [0, 0.05) is 15.4 Å². The zero-order chi connectivity index (χ0) is 20.5. The third kappa shape index (κ3) is 4.76. The number of benzene rings is 2. The minimum Gasteiger partial charge on any atom is -0.321 e. The van der Waals surface area contributed by atoms with Crippen molar-refractivity contribution in [3.8, 4) is 0 Å². The summed E-state index contributed by atoms with van der Waals surface area (Å²) in [6.45, 7) is 5.26. The minimum atomic E-state index is -3.76. The summed E-state index contributed by atoms with van der Waals surface area (Å²) in [4.78, 5) is 17.1. The Morgan fingerprint density at radius 2 is 1.79 bits per heavy atom. The summed E-state index contributed by atoms with van der Waals surface area (Å²) in [6.07, 6.45) is 1.57. The number of amides is 1. The molecule has 2 N–H and O–H groups in total. The Morgan fingerprint density at radius 3 is 2.50 bits per heavy atom. The molecule has 1 amide bonds. The van der Waals surface area contributed by atoms with Gasteiger partial charge in [-0.3, -0.25) is 9.78 Å². The normalized spacial score (nSPS) is 12.1. The molecule has 8 heteroatoms. The topological polar surface area (TPSA) is 88.2 Å². The predicted molar refractivity (Wildman–Crippen MR) is 114 cm³/mol. The molecule has 0 spiro atoms. The zero-order valence-corrected chi connectivity index (χ0v) is 18.1. The Kier molecular flexibility index (Phi) is 5.56. The van der Waals surface area contributed by atoms with Crippen LogP contribution in [0.5, 0.6) is 0 Å².